The zero-order valence-electron chi connectivity index (χ0n) is 14.9. The first kappa shape index (κ1) is 17.7. The number of nitrogens with one attached hydrogen (secondary N) is 2. The second kappa shape index (κ2) is 7.72. The van der Waals surface area contributed by atoms with E-state index in [9.17, 15) is 0 Å². The average molecular weight is 332 g/mol. The minimum absolute atomic E-state index is 0.285. The van der Waals surface area contributed by atoms with Gasteiger partial charge in [0, 0.05) is 35.6 Å². The number of nitrogens with zero attached hydrogens (tertiary/aromatic N) is 2. The van der Waals surface area contributed by atoms with Crippen molar-refractivity contribution in [1.29, 1.82) is 0 Å². The summed E-state index contributed by atoms with van der Waals surface area (Å²) in [6.45, 7) is 6.04. The molecule has 2 rings (SSSR count). The van der Waals surface area contributed by atoms with E-state index in [2.05, 4.69) is 34.4 Å². The molecule has 0 aliphatic rings. The molecule has 0 fully saturated rings. The zero-order chi connectivity index (χ0) is 17.7. The maximum Gasteiger partial charge on any atom is 0.229 e. The highest BCUT2D eigenvalue weighted by Crippen LogP contribution is 2.40. The summed E-state index contributed by atoms with van der Waals surface area (Å²) in [4.78, 5) is 8.89. The van der Waals surface area contributed by atoms with E-state index < -0.39 is 0 Å². The Morgan fingerprint density at radius 3 is 2.04 bits per heavy atom. The molecular weight excluding hydrogens is 308 g/mol. The molecule has 0 bridgehead atoms. The Bertz CT molecular complexity index is 679. The Morgan fingerprint density at radius 2 is 1.54 bits per heavy atom. The number of hydrogen-bond acceptors (Lipinski definition) is 7. The lowest BCUT2D eigenvalue weighted by Crippen LogP contribution is -2.12. The van der Waals surface area contributed by atoms with Crippen LogP contribution in [0.25, 0.3) is 0 Å². The largest absolute Gasteiger partial charge is 0.493 e. The predicted octanol–water partition coefficient (Wildman–Crippen LogP) is 3.37. The van der Waals surface area contributed by atoms with Crippen LogP contribution < -0.4 is 24.8 Å². The third-order valence-corrected chi connectivity index (χ3v) is 3.21. The molecule has 130 valence electrons. The minimum Gasteiger partial charge on any atom is -0.493 e. The van der Waals surface area contributed by atoms with E-state index in [0.29, 0.717) is 23.2 Å². The molecule has 0 aliphatic carbocycles. The fraction of sp³-hybridized carbons (Fsp3) is 0.412. The quantitative estimate of drug-likeness (QED) is 0.805. The maximum atomic E-state index is 5.36. The van der Waals surface area contributed by atoms with E-state index in [0.717, 1.165) is 17.2 Å². The van der Waals surface area contributed by atoms with Crippen LogP contribution in [0.5, 0.6) is 17.2 Å². The molecule has 0 saturated heterocycles. The number of methoxy groups -OCH3 is 3. The Morgan fingerprint density at radius 1 is 0.917 bits per heavy atom. The molecule has 0 radical (unpaired) electrons. The van der Waals surface area contributed by atoms with Gasteiger partial charge in [-0.25, -0.2) is 4.98 Å². The van der Waals surface area contributed by atoms with E-state index in [1.807, 2.05) is 25.1 Å². The van der Waals surface area contributed by atoms with Gasteiger partial charge in [-0.15, -0.1) is 0 Å². The molecule has 0 saturated carbocycles. The van der Waals surface area contributed by atoms with Crippen molar-refractivity contribution in [2.75, 3.05) is 32.0 Å². The van der Waals surface area contributed by atoms with Crippen LogP contribution in [0, 0.1) is 6.92 Å². The van der Waals surface area contributed by atoms with Gasteiger partial charge >= 0.3 is 0 Å². The first-order valence-electron chi connectivity index (χ1n) is 7.66. The van der Waals surface area contributed by atoms with Gasteiger partial charge in [0.15, 0.2) is 11.5 Å². The van der Waals surface area contributed by atoms with Crippen molar-refractivity contribution in [3.8, 4) is 17.2 Å². The second-order valence-corrected chi connectivity index (χ2v) is 5.56. The summed E-state index contributed by atoms with van der Waals surface area (Å²) in [5, 5.41) is 6.46. The van der Waals surface area contributed by atoms with Gasteiger partial charge in [0.05, 0.1) is 21.3 Å². The lowest BCUT2D eigenvalue weighted by atomic mass is 10.2. The normalized spacial score (nSPS) is 10.5. The second-order valence-electron chi connectivity index (χ2n) is 5.56. The summed E-state index contributed by atoms with van der Waals surface area (Å²) in [5.41, 5.74) is 1.61. The molecule has 0 atom stereocenters. The maximum absolute atomic E-state index is 5.36. The summed E-state index contributed by atoms with van der Waals surface area (Å²) in [5.74, 6) is 2.93. The topological polar surface area (TPSA) is 77.5 Å². The molecule has 2 aromatic rings. The van der Waals surface area contributed by atoms with Crippen molar-refractivity contribution in [1.82, 2.24) is 9.97 Å². The lowest BCUT2D eigenvalue weighted by Gasteiger charge is -2.15. The van der Waals surface area contributed by atoms with E-state index >= 15 is 0 Å². The monoisotopic (exact) mass is 332 g/mol. The zero-order valence-corrected chi connectivity index (χ0v) is 14.9. The Kier molecular flexibility index (Phi) is 5.68. The van der Waals surface area contributed by atoms with Crippen LogP contribution in [0.2, 0.25) is 0 Å². The van der Waals surface area contributed by atoms with Gasteiger partial charge in [-0.2, -0.15) is 4.98 Å². The van der Waals surface area contributed by atoms with Gasteiger partial charge in [0.1, 0.15) is 5.82 Å². The molecule has 24 heavy (non-hydrogen) atoms. The smallest absolute Gasteiger partial charge is 0.229 e. The third kappa shape index (κ3) is 4.18. The lowest BCUT2D eigenvalue weighted by molar-refractivity contribution is 0.324. The van der Waals surface area contributed by atoms with Gasteiger partial charge < -0.3 is 24.8 Å². The van der Waals surface area contributed by atoms with Crippen LogP contribution in [0.1, 0.15) is 19.5 Å². The molecule has 0 aliphatic heterocycles. The van der Waals surface area contributed by atoms with Crippen molar-refractivity contribution < 1.29 is 14.2 Å². The average Bonchev–Trinajstić information content (AvgIpc) is 2.52. The Hall–Kier alpha value is -2.70. The van der Waals surface area contributed by atoms with Crippen LogP contribution in [0.3, 0.4) is 0 Å². The molecule has 1 aromatic heterocycles. The van der Waals surface area contributed by atoms with E-state index in [1.165, 1.54) is 0 Å². The fourth-order valence-electron chi connectivity index (χ4n) is 2.28. The van der Waals surface area contributed by atoms with E-state index in [1.54, 1.807) is 21.3 Å². The number of anilines is 3. The number of benzene rings is 1. The van der Waals surface area contributed by atoms with Gasteiger partial charge in [0.25, 0.3) is 0 Å². The standard InChI is InChI=1S/C17H24N4O3/c1-10(2)18-15-7-11(3)19-17(21-15)20-12-8-13(22-4)16(24-6)14(9-12)23-5/h7-10H,1-6H3,(H2,18,19,20,21). The van der Waals surface area contributed by atoms with Crippen molar-refractivity contribution in [3.63, 3.8) is 0 Å². The number of aryl methyl sites for hydroxylation is 1. The number of rotatable bonds is 7. The predicted molar refractivity (Wildman–Crippen MR) is 94.9 cm³/mol. The first-order valence-corrected chi connectivity index (χ1v) is 7.66. The molecule has 1 aromatic carbocycles. The summed E-state index contributed by atoms with van der Waals surface area (Å²) in [6.07, 6.45) is 0. The molecule has 0 unspecified atom stereocenters. The van der Waals surface area contributed by atoms with E-state index in [4.69, 9.17) is 14.2 Å². The van der Waals surface area contributed by atoms with Crippen LogP contribution in [0.15, 0.2) is 18.2 Å². The van der Waals surface area contributed by atoms with E-state index in [-0.39, 0.29) is 6.04 Å². The third-order valence-electron chi connectivity index (χ3n) is 3.21. The van der Waals surface area contributed by atoms with Crippen LogP contribution in [-0.2, 0) is 0 Å². The Labute approximate surface area is 142 Å². The van der Waals surface area contributed by atoms with Crippen LogP contribution in [0.4, 0.5) is 17.5 Å². The molecule has 0 spiro atoms. The van der Waals surface area contributed by atoms with Crippen molar-refractivity contribution >= 4 is 17.5 Å². The molecular formula is C17H24N4O3. The number of aromatic nitrogens is 2. The highest BCUT2D eigenvalue weighted by atomic mass is 16.5. The molecule has 2 N–H and O–H groups in total. The summed E-state index contributed by atoms with van der Waals surface area (Å²) in [6, 6.07) is 5.80. The first-order chi connectivity index (χ1) is 11.5. The molecule has 0 amide bonds. The number of ether oxygens (including phenoxy) is 3. The molecule has 7 heteroatoms. The Balaban J connectivity index is 2.35. The van der Waals surface area contributed by atoms with Crippen molar-refractivity contribution in [2.24, 2.45) is 0 Å². The van der Waals surface area contributed by atoms with Gasteiger partial charge in [0.2, 0.25) is 11.7 Å². The van der Waals surface area contributed by atoms with Crippen molar-refractivity contribution in [3.05, 3.63) is 23.9 Å². The minimum atomic E-state index is 0.285. The summed E-state index contributed by atoms with van der Waals surface area (Å²) >= 11 is 0. The number of hydrogen-bond donors (Lipinski definition) is 2. The van der Waals surface area contributed by atoms with Crippen molar-refractivity contribution in [2.45, 2.75) is 26.8 Å². The SMILES string of the molecule is COc1cc(Nc2nc(C)cc(NC(C)C)n2)cc(OC)c1OC. The van der Waals surface area contributed by atoms with Gasteiger partial charge in [-0.1, -0.05) is 0 Å². The highest BCUT2D eigenvalue weighted by Gasteiger charge is 2.14. The van der Waals surface area contributed by atoms with Gasteiger partial charge in [-0.3, -0.25) is 0 Å². The summed E-state index contributed by atoms with van der Waals surface area (Å²) < 4.78 is 16.0. The van der Waals surface area contributed by atoms with Crippen LogP contribution >= 0.6 is 0 Å². The van der Waals surface area contributed by atoms with Crippen LogP contribution in [-0.4, -0.2) is 37.3 Å². The highest BCUT2D eigenvalue weighted by molar-refractivity contribution is 5.66. The molecule has 7 nitrogen and oxygen atoms in total. The summed E-state index contributed by atoms with van der Waals surface area (Å²) in [7, 11) is 4.73. The fourth-order valence-corrected chi connectivity index (χ4v) is 2.28. The molecule has 1 heterocycles. The van der Waals surface area contributed by atoms with Gasteiger partial charge in [-0.05, 0) is 20.8 Å².